The van der Waals surface area contributed by atoms with Crippen molar-refractivity contribution in [3.05, 3.63) is 223 Å². The van der Waals surface area contributed by atoms with Crippen LogP contribution < -0.4 is 5.46 Å². The number of aromatic nitrogens is 4. The maximum absolute atomic E-state index is 8.58. The number of hydrogen-bond acceptors (Lipinski definition) is 4. The second kappa shape index (κ2) is 25.7. The van der Waals surface area contributed by atoms with Crippen molar-refractivity contribution in [3.8, 4) is 56.4 Å². The van der Waals surface area contributed by atoms with Gasteiger partial charge in [0, 0.05) is 76.4 Å². The number of nitrogens with zero attached hydrogens (tertiary/aromatic N) is 4. The Morgan fingerprint density at radius 2 is 0.739 bits per heavy atom. The van der Waals surface area contributed by atoms with E-state index in [2.05, 4.69) is 196 Å². The molecule has 0 fully saturated rings. The van der Waals surface area contributed by atoms with Gasteiger partial charge in [-0.2, -0.15) is 0 Å². The smallest absolute Gasteiger partial charge is 0.423 e. The topological polar surface area (TPSA) is 76.1 Å². The van der Waals surface area contributed by atoms with E-state index in [1.54, 1.807) is 24.3 Å². The normalized spacial score (nSPS) is 10.8. The van der Waals surface area contributed by atoms with Crippen molar-refractivity contribution in [2.45, 2.75) is 79.1 Å². The molecule has 2 heterocycles. The Hall–Kier alpha value is -5.76. The summed E-state index contributed by atoms with van der Waals surface area (Å²) in [6.45, 7) is 18.1. The SMILES string of the molecule is CC(C)c1cc(-c2ccccc2)cc(C(C)C)c1-n1ccnc1-c1[c-]cccc1.CC(C)c1cc(-c2ccccc2)cc(C(C)C)c1-n1ccnc1-c1[c-]cccc1.OB(O)c1ccccc1.[Ir].[Ir]. The Morgan fingerprint density at radius 3 is 1.01 bits per heavy atom. The molecular formula is C60H61BIr2N4O2-2. The summed E-state index contributed by atoms with van der Waals surface area (Å²) in [5.41, 5.74) is 15.4. The fraction of sp³-hybridized carbons (Fsp3) is 0.200. The first-order chi connectivity index (χ1) is 32.4. The molecule has 7 aromatic carbocycles. The summed E-state index contributed by atoms with van der Waals surface area (Å²) < 4.78 is 4.48. The summed E-state index contributed by atoms with van der Waals surface area (Å²) >= 11 is 0. The maximum atomic E-state index is 8.58. The van der Waals surface area contributed by atoms with E-state index in [-0.39, 0.29) is 40.2 Å². The monoisotopic (exact) mass is 1270 g/mol. The van der Waals surface area contributed by atoms with Crippen molar-refractivity contribution >= 4 is 12.6 Å². The van der Waals surface area contributed by atoms with Crippen LogP contribution in [0.1, 0.15) is 101 Å². The first-order valence-electron chi connectivity index (χ1n) is 23.3. The molecular weight excluding hydrogens is 1200 g/mol. The zero-order valence-corrected chi connectivity index (χ0v) is 45.4. The van der Waals surface area contributed by atoms with E-state index < -0.39 is 7.12 Å². The van der Waals surface area contributed by atoms with Crippen LogP contribution in [0.15, 0.2) is 189 Å². The molecule has 9 aromatic rings. The molecule has 0 atom stereocenters. The minimum Gasteiger partial charge on any atom is -0.423 e. The third kappa shape index (κ3) is 13.3. The van der Waals surface area contributed by atoms with Gasteiger partial charge in [0.2, 0.25) is 0 Å². The molecule has 0 saturated carbocycles. The summed E-state index contributed by atoms with van der Waals surface area (Å²) in [6.07, 6.45) is 7.92. The van der Waals surface area contributed by atoms with Gasteiger partial charge in [-0.15, -0.1) is 71.8 Å². The molecule has 2 radical (unpaired) electrons. The predicted octanol–water partition coefficient (Wildman–Crippen LogP) is 13.9. The van der Waals surface area contributed by atoms with Crippen LogP contribution in [-0.2, 0) is 40.2 Å². The third-order valence-electron chi connectivity index (χ3n) is 11.8. The largest absolute Gasteiger partial charge is 0.488 e. The Balaban J connectivity index is 0.000000213. The van der Waals surface area contributed by atoms with E-state index in [0.29, 0.717) is 29.1 Å². The van der Waals surface area contributed by atoms with Crippen LogP contribution in [0.5, 0.6) is 0 Å². The average Bonchev–Trinajstić information content (AvgIpc) is 4.06. The van der Waals surface area contributed by atoms with E-state index >= 15 is 0 Å². The molecule has 9 heteroatoms. The summed E-state index contributed by atoms with van der Waals surface area (Å²) in [7, 11) is -1.34. The minimum atomic E-state index is -1.34. The van der Waals surface area contributed by atoms with Crippen molar-refractivity contribution in [1.82, 2.24) is 19.1 Å². The van der Waals surface area contributed by atoms with Crippen molar-refractivity contribution in [1.29, 1.82) is 0 Å². The van der Waals surface area contributed by atoms with Crippen LogP contribution in [0.3, 0.4) is 0 Å². The van der Waals surface area contributed by atoms with Gasteiger partial charge in [0.25, 0.3) is 0 Å². The van der Waals surface area contributed by atoms with Crippen molar-refractivity contribution in [3.63, 3.8) is 0 Å². The van der Waals surface area contributed by atoms with E-state index in [9.17, 15) is 0 Å². The first-order valence-corrected chi connectivity index (χ1v) is 23.3. The summed E-state index contributed by atoms with van der Waals surface area (Å²) in [6, 6.07) is 62.1. The zero-order valence-electron chi connectivity index (χ0n) is 40.6. The number of imidazole rings is 2. The van der Waals surface area contributed by atoms with E-state index in [1.807, 2.05) is 54.9 Å². The minimum absolute atomic E-state index is 0. The second-order valence-corrected chi connectivity index (χ2v) is 17.9. The van der Waals surface area contributed by atoms with Gasteiger partial charge in [0.05, 0.1) is 11.6 Å². The van der Waals surface area contributed by atoms with Crippen LogP contribution in [0.4, 0.5) is 0 Å². The van der Waals surface area contributed by atoms with Crippen molar-refractivity contribution in [2.75, 3.05) is 0 Å². The molecule has 0 unspecified atom stereocenters. The fourth-order valence-corrected chi connectivity index (χ4v) is 8.33. The molecule has 0 aliphatic heterocycles. The maximum Gasteiger partial charge on any atom is 0.488 e. The molecule has 0 aliphatic rings. The first kappa shape index (κ1) is 54.2. The molecule has 0 amide bonds. The fourth-order valence-electron chi connectivity index (χ4n) is 8.33. The van der Waals surface area contributed by atoms with Gasteiger partial charge in [-0.05, 0) is 97.9 Å². The molecule has 0 spiro atoms. The van der Waals surface area contributed by atoms with E-state index in [1.165, 1.54) is 55.9 Å². The van der Waals surface area contributed by atoms with Gasteiger partial charge in [-0.1, -0.05) is 146 Å². The second-order valence-electron chi connectivity index (χ2n) is 17.9. The van der Waals surface area contributed by atoms with Gasteiger partial charge in [-0.25, -0.2) is 0 Å². The van der Waals surface area contributed by atoms with Crippen LogP contribution in [0.2, 0.25) is 0 Å². The molecule has 69 heavy (non-hydrogen) atoms. The Bertz CT molecular complexity index is 2700. The molecule has 356 valence electrons. The third-order valence-corrected chi connectivity index (χ3v) is 11.8. The Kier molecular flexibility index (Phi) is 20.2. The number of hydrogen-bond donors (Lipinski definition) is 2. The Morgan fingerprint density at radius 1 is 0.420 bits per heavy atom. The average molecular weight is 1270 g/mol. The molecule has 6 nitrogen and oxygen atoms in total. The van der Waals surface area contributed by atoms with Crippen LogP contribution in [0.25, 0.3) is 56.4 Å². The molecule has 9 rings (SSSR count). The molecule has 0 saturated heterocycles. The predicted molar refractivity (Wildman–Crippen MR) is 279 cm³/mol. The summed E-state index contributed by atoms with van der Waals surface area (Å²) in [4.78, 5) is 9.35. The van der Waals surface area contributed by atoms with Gasteiger partial charge in [-0.3, -0.25) is 9.97 Å². The molecule has 2 N–H and O–H groups in total. The summed E-state index contributed by atoms with van der Waals surface area (Å²) in [5, 5.41) is 17.2. The molecule has 0 bridgehead atoms. The van der Waals surface area contributed by atoms with Gasteiger partial charge in [0.1, 0.15) is 0 Å². The van der Waals surface area contributed by atoms with Crippen LogP contribution in [-0.4, -0.2) is 36.3 Å². The number of benzene rings is 7. The Labute approximate surface area is 437 Å². The quantitative estimate of drug-likeness (QED) is 0.0999. The van der Waals surface area contributed by atoms with Gasteiger partial charge >= 0.3 is 7.12 Å². The standard InChI is InChI=1S/2C27H27N2.C6H7BO2.2Ir/c2*1-19(2)24-17-23(21-11-7-5-8-12-21)18-25(20(3)4)26(24)29-16-15-28-27(29)22-13-9-6-10-14-22;8-7(9)6-4-2-1-3-5-6;;/h2*5-13,15-20H,1-4H3;1-5,8-9H;;/q2*-1;;;. The van der Waals surface area contributed by atoms with Crippen molar-refractivity contribution in [2.24, 2.45) is 0 Å². The van der Waals surface area contributed by atoms with E-state index in [4.69, 9.17) is 10.0 Å². The van der Waals surface area contributed by atoms with Crippen LogP contribution >= 0.6 is 0 Å². The van der Waals surface area contributed by atoms with Gasteiger partial charge < -0.3 is 19.2 Å². The zero-order chi connectivity index (χ0) is 47.5. The summed E-state index contributed by atoms with van der Waals surface area (Å²) in [5.74, 6) is 3.42. The van der Waals surface area contributed by atoms with Crippen molar-refractivity contribution < 1.29 is 50.3 Å². The molecule has 2 aromatic heterocycles. The molecule has 0 aliphatic carbocycles. The van der Waals surface area contributed by atoms with Crippen LogP contribution in [0, 0.1) is 12.1 Å². The van der Waals surface area contributed by atoms with Gasteiger partial charge in [0.15, 0.2) is 0 Å². The van der Waals surface area contributed by atoms with E-state index in [0.717, 1.165) is 22.8 Å². The number of rotatable bonds is 11.